The summed E-state index contributed by atoms with van der Waals surface area (Å²) in [4.78, 5) is 38.2. The molecule has 0 aliphatic heterocycles. The molecule has 0 aliphatic rings. The number of hydrogen-bond acceptors (Lipinski definition) is 4. The molecule has 0 saturated carbocycles. The van der Waals surface area contributed by atoms with E-state index in [1.165, 1.54) is 34.1 Å². The second-order valence-electron chi connectivity index (χ2n) is 6.45. The van der Waals surface area contributed by atoms with Gasteiger partial charge in [-0.25, -0.2) is 13.8 Å². The molecular formula is C19H20FN3O3S. The zero-order chi connectivity index (χ0) is 19.7. The number of aromatic nitrogens is 2. The van der Waals surface area contributed by atoms with E-state index < -0.39 is 17.1 Å². The van der Waals surface area contributed by atoms with E-state index in [4.69, 9.17) is 0 Å². The van der Waals surface area contributed by atoms with Crippen molar-refractivity contribution in [3.05, 3.63) is 61.9 Å². The van der Waals surface area contributed by atoms with Crippen LogP contribution in [0, 0.1) is 12.7 Å². The highest BCUT2D eigenvalue weighted by Crippen LogP contribution is 2.17. The molecule has 0 saturated heterocycles. The first-order valence-electron chi connectivity index (χ1n) is 8.62. The molecule has 0 radical (unpaired) electrons. The van der Waals surface area contributed by atoms with Gasteiger partial charge in [0.05, 0.1) is 11.2 Å². The Morgan fingerprint density at radius 1 is 1.30 bits per heavy atom. The number of benzene rings is 1. The van der Waals surface area contributed by atoms with Crippen LogP contribution in [0.2, 0.25) is 0 Å². The van der Waals surface area contributed by atoms with Gasteiger partial charge in [-0.2, -0.15) is 0 Å². The molecule has 2 heterocycles. The highest BCUT2D eigenvalue weighted by molar-refractivity contribution is 7.17. The number of hydrogen-bond donors (Lipinski definition) is 1. The first-order valence-corrected chi connectivity index (χ1v) is 9.50. The molecule has 1 N–H and O–H groups in total. The summed E-state index contributed by atoms with van der Waals surface area (Å²) in [5.74, 6) is -0.725. The van der Waals surface area contributed by atoms with Crippen LogP contribution in [0.5, 0.6) is 0 Å². The van der Waals surface area contributed by atoms with E-state index in [9.17, 15) is 18.8 Å². The van der Waals surface area contributed by atoms with Crippen LogP contribution in [0.3, 0.4) is 0 Å². The van der Waals surface area contributed by atoms with Gasteiger partial charge in [0.2, 0.25) is 5.91 Å². The number of aryl methyl sites for hydroxylation is 1. The summed E-state index contributed by atoms with van der Waals surface area (Å²) >= 11 is 1.20. The molecule has 0 bridgehead atoms. The first-order chi connectivity index (χ1) is 12.8. The van der Waals surface area contributed by atoms with Crippen molar-refractivity contribution in [1.82, 2.24) is 14.5 Å². The molecule has 0 spiro atoms. The van der Waals surface area contributed by atoms with Crippen LogP contribution in [-0.2, 0) is 11.3 Å². The first kappa shape index (κ1) is 19.0. The zero-order valence-corrected chi connectivity index (χ0v) is 16.1. The average molecular weight is 389 g/mol. The number of nitrogens with zero attached hydrogens (tertiary/aromatic N) is 2. The fourth-order valence-electron chi connectivity index (χ4n) is 2.80. The Balaban J connectivity index is 2.18. The largest absolute Gasteiger partial charge is 0.352 e. The van der Waals surface area contributed by atoms with Crippen molar-refractivity contribution in [1.29, 1.82) is 0 Å². The van der Waals surface area contributed by atoms with Crippen molar-refractivity contribution in [2.45, 2.75) is 39.8 Å². The molecule has 2 aromatic heterocycles. The summed E-state index contributed by atoms with van der Waals surface area (Å²) in [5, 5.41) is 4.52. The Labute approximate surface area is 158 Å². The maximum absolute atomic E-state index is 13.6. The number of carbonyl (C=O) groups is 1. The Hall–Kier alpha value is -2.74. The van der Waals surface area contributed by atoms with Crippen LogP contribution in [-0.4, -0.2) is 21.1 Å². The Morgan fingerprint density at radius 2 is 2.04 bits per heavy atom. The minimum Gasteiger partial charge on any atom is -0.352 e. The Bertz CT molecular complexity index is 1130. The monoisotopic (exact) mass is 389 g/mol. The van der Waals surface area contributed by atoms with Gasteiger partial charge in [-0.1, -0.05) is 6.92 Å². The number of fused-ring (bicyclic) bond motifs is 1. The molecule has 3 rings (SSSR count). The van der Waals surface area contributed by atoms with Gasteiger partial charge in [-0.3, -0.25) is 14.2 Å². The minimum atomic E-state index is -0.629. The van der Waals surface area contributed by atoms with Gasteiger partial charge in [0.15, 0.2) is 0 Å². The van der Waals surface area contributed by atoms with Gasteiger partial charge in [-0.05, 0) is 55.5 Å². The molecule has 3 aromatic rings. The fraction of sp³-hybridized carbons (Fsp3) is 0.316. The third-order valence-electron chi connectivity index (χ3n) is 4.48. The average Bonchev–Trinajstić information content (AvgIpc) is 3.11. The van der Waals surface area contributed by atoms with E-state index in [2.05, 4.69) is 5.32 Å². The second-order valence-corrected chi connectivity index (χ2v) is 7.37. The SMILES string of the molecule is CC[C@@H](C)NC(=O)Cn1c(=O)n(-c2ccc(F)c(C)c2)c(=O)c2sccc21. The molecule has 6 nitrogen and oxygen atoms in total. The molecule has 142 valence electrons. The molecule has 0 fully saturated rings. The fourth-order valence-corrected chi connectivity index (χ4v) is 3.63. The molecule has 1 amide bonds. The smallest absolute Gasteiger partial charge is 0.336 e. The Kier molecular flexibility index (Phi) is 5.27. The number of halogens is 1. The van der Waals surface area contributed by atoms with E-state index in [0.717, 1.165) is 11.0 Å². The summed E-state index contributed by atoms with van der Waals surface area (Å²) in [6.07, 6.45) is 0.767. The number of amides is 1. The number of nitrogens with one attached hydrogen (secondary N) is 1. The summed E-state index contributed by atoms with van der Waals surface area (Å²) in [6.45, 7) is 5.19. The van der Waals surface area contributed by atoms with Gasteiger partial charge >= 0.3 is 5.69 Å². The van der Waals surface area contributed by atoms with Crippen molar-refractivity contribution < 1.29 is 9.18 Å². The van der Waals surface area contributed by atoms with Crippen LogP contribution < -0.4 is 16.6 Å². The zero-order valence-electron chi connectivity index (χ0n) is 15.3. The predicted molar refractivity (Wildman–Crippen MR) is 104 cm³/mol. The summed E-state index contributed by atoms with van der Waals surface area (Å²) in [6, 6.07) is 5.68. The highest BCUT2D eigenvalue weighted by atomic mass is 32.1. The van der Waals surface area contributed by atoms with Crippen molar-refractivity contribution in [3.8, 4) is 5.69 Å². The Morgan fingerprint density at radius 3 is 2.70 bits per heavy atom. The van der Waals surface area contributed by atoms with E-state index in [1.807, 2.05) is 13.8 Å². The van der Waals surface area contributed by atoms with Crippen LogP contribution in [0.25, 0.3) is 15.9 Å². The van der Waals surface area contributed by atoms with Crippen LogP contribution in [0.4, 0.5) is 4.39 Å². The number of rotatable bonds is 5. The third-order valence-corrected chi connectivity index (χ3v) is 5.37. The maximum atomic E-state index is 13.6. The van der Waals surface area contributed by atoms with Gasteiger partial charge in [0.1, 0.15) is 17.1 Å². The second kappa shape index (κ2) is 7.48. The lowest BCUT2D eigenvalue weighted by molar-refractivity contribution is -0.122. The van der Waals surface area contributed by atoms with Crippen LogP contribution in [0.15, 0.2) is 39.2 Å². The van der Waals surface area contributed by atoms with Gasteiger partial charge in [-0.15, -0.1) is 11.3 Å². The van der Waals surface area contributed by atoms with E-state index in [1.54, 1.807) is 18.4 Å². The third kappa shape index (κ3) is 3.57. The molecular weight excluding hydrogens is 369 g/mol. The molecule has 27 heavy (non-hydrogen) atoms. The lowest BCUT2D eigenvalue weighted by Gasteiger charge is -2.15. The van der Waals surface area contributed by atoms with Gasteiger partial charge in [0, 0.05) is 6.04 Å². The number of thiophene rings is 1. The van der Waals surface area contributed by atoms with E-state index in [-0.39, 0.29) is 24.2 Å². The van der Waals surface area contributed by atoms with Crippen molar-refractivity contribution >= 4 is 27.5 Å². The van der Waals surface area contributed by atoms with Crippen molar-refractivity contribution in [2.75, 3.05) is 0 Å². The van der Waals surface area contributed by atoms with Crippen molar-refractivity contribution in [3.63, 3.8) is 0 Å². The van der Waals surface area contributed by atoms with E-state index in [0.29, 0.717) is 15.8 Å². The summed E-state index contributed by atoms with van der Waals surface area (Å²) in [7, 11) is 0. The quantitative estimate of drug-likeness (QED) is 0.729. The molecule has 1 atom stereocenters. The van der Waals surface area contributed by atoms with Gasteiger partial charge in [0.25, 0.3) is 5.56 Å². The number of carbonyl (C=O) groups excluding carboxylic acids is 1. The molecule has 0 aliphatic carbocycles. The van der Waals surface area contributed by atoms with Crippen LogP contribution in [0.1, 0.15) is 25.8 Å². The van der Waals surface area contributed by atoms with Gasteiger partial charge < -0.3 is 5.32 Å². The minimum absolute atomic E-state index is 0.0168. The molecule has 1 aromatic carbocycles. The topological polar surface area (TPSA) is 73.1 Å². The lowest BCUT2D eigenvalue weighted by Crippen LogP contribution is -2.42. The predicted octanol–water partition coefficient (Wildman–Crippen LogP) is 2.58. The molecule has 8 heteroatoms. The standard InChI is InChI=1S/C19H20FN3O3S/c1-4-12(3)21-16(24)10-22-15-7-8-27-17(15)18(25)23(19(22)26)13-5-6-14(20)11(2)9-13/h5-9,12H,4,10H2,1-3H3,(H,21,24)/t12-/m1/s1. The van der Waals surface area contributed by atoms with Crippen LogP contribution >= 0.6 is 11.3 Å². The normalized spacial score (nSPS) is 12.3. The maximum Gasteiger partial charge on any atom is 0.336 e. The summed E-state index contributed by atoms with van der Waals surface area (Å²) in [5.41, 5.74) is -0.0865. The van der Waals surface area contributed by atoms with E-state index >= 15 is 0 Å². The summed E-state index contributed by atoms with van der Waals surface area (Å²) < 4.78 is 16.2. The highest BCUT2D eigenvalue weighted by Gasteiger charge is 2.18. The van der Waals surface area contributed by atoms with Crippen molar-refractivity contribution in [2.24, 2.45) is 0 Å². The lowest BCUT2D eigenvalue weighted by atomic mass is 10.2. The molecule has 0 unspecified atom stereocenters.